The molecule has 3 saturated heterocycles. The number of nitrogens with zero attached hydrogens (tertiary/aromatic N) is 5. The van der Waals surface area contributed by atoms with Gasteiger partial charge in [0.1, 0.15) is 11.9 Å². The highest BCUT2D eigenvalue weighted by Gasteiger charge is 2.44. The third-order valence-electron chi connectivity index (χ3n) is 10.7. The van der Waals surface area contributed by atoms with Crippen LogP contribution in [0, 0.1) is 5.92 Å². The normalized spacial score (nSPS) is 23.2. The Morgan fingerprint density at radius 2 is 1.60 bits per heavy atom. The number of hydrogen-bond donors (Lipinski definition) is 2. The number of fused-ring (bicyclic) bond motifs is 1. The Balaban J connectivity index is 0.871. The van der Waals surface area contributed by atoms with Crippen LogP contribution in [-0.2, 0) is 4.79 Å². The summed E-state index contributed by atoms with van der Waals surface area (Å²) in [5, 5.41) is 5.86. The van der Waals surface area contributed by atoms with E-state index < -0.39 is 17.9 Å². The van der Waals surface area contributed by atoms with Crippen LogP contribution in [0.4, 0.5) is 11.5 Å². The van der Waals surface area contributed by atoms with E-state index in [0.717, 1.165) is 87.9 Å². The average molecular weight is 640 g/mol. The smallest absolute Gasteiger partial charge is 0.262 e. The molecular formula is C36H45N7O4. The summed E-state index contributed by atoms with van der Waals surface area (Å²) in [5.74, 6) is 0.414. The summed E-state index contributed by atoms with van der Waals surface area (Å²) in [6.07, 6.45) is 10.7. The fraction of sp³-hybridized carbons (Fsp3) is 0.528. The van der Waals surface area contributed by atoms with Gasteiger partial charge in [-0.25, -0.2) is 4.98 Å². The van der Waals surface area contributed by atoms with E-state index in [4.69, 9.17) is 0 Å². The summed E-state index contributed by atoms with van der Waals surface area (Å²) < 4.78 is 0. The maximum Gasteiger partial charge on any atom is 0.262 e. The number of rotatable bonds is 7. The van der Waals surface area contributed by atoms with Gasteiger partial charge in [-0.05, 0) is 74.8 Å². The number of piperazine rings is 1. The second-order valence-corrected chi connectivity index (χ2v) is 13.8. The van der Waals surface area contributed by atoms with E-state index in [-0.39, 0.29) is 11.8 Å². The second-order valence-electron chi connectivity index (χ2n) is 13.8. The average Bonchev–Trinajstić information content (AvgIpc) is 3.34. The van der Waals surface area contributed by atoms with Crippen molar-refractivity contribution >= 4 is 35.1 Å². The number of hydrogen-bond acceptors (Lipinski definition) is 8. The lowest BCUT2D eigenvalue weighted by Gasteiger charge is -2.40. The third kappa shape index (κ3) is 6.63. The Bertz CT molecular complexity index is 1540. The predicted octanol–water partition coefficient (Wildman–Crippen LogP) is 3.57. The van der Waals surface area contributed by atoms with Crippen molar-refractivity contribution in [1.29, 1.82) is 0 Å². The van der Waals surface area contributed by atoms with E-state index in [1.54, 1.807) is 12.3 Å². The fourth-order valence-electron chi connectivity index (χ4n) is 7.86. The number of nitrogens with one attached hydrogen (secondary N) is 2. The standard InChI is InChI=1S/C36H45N7O4/c1-24-7-11-31(34(45)38-24)43-35(46)29-10-9-28(21-30(29)36(43)47)41-19-17-40(18-20-41)23-25-13-15-42(16-14-25)32-12-8-26(22-37-32)33(44)39-27-5-3-2-4-6-27/h8-10,12,21-22,25,27,31H,1-7,11,13-20,23H2,(H,38,45)(H,39,44). The highest BCUT2D eigenvalue weighted by atomic mass is 16.2. The first-order valence-electron chi connectivity index (χ1n) is 17.3. The molecule has 4 aliphatic heterocycles. The fourth-order valence-corrected chi connectivity index (χ4v) is 7.86. The van der Waals surface area contributed by atoms with Crippen molar-refractivity contribution in [2.45, 2.75) is 69.9 Å². The van der Waals surface area contributed by atoms with Gasteiger partial charge in [0.25, 0.3) is 17.7 Å². The van der Waals surface area contributed by atoms with Crippen LogP contribution < -0.4 is 20.4 Å². The molecule has 248 valence electrons. The molecular weight excluding hydrogens is 594 g/mol. The van der Waals surface area contributed by atoms with Gasteiger partial charge in [0.05, 0.1) is 16.7 Å². The summed E-state index contributed by atoms with van der Waals surface area (Å²) in [7, 11) is 0. The number of imide groups is 1. The molecule has 1 aliphatic carbocycles. The van der Waals surface area contributed by atoms with Crippen molar-refractivity contribution in [3.8, 4) is 0 Å². The Hall–Kier alpha value is -4.25. The van der Waals surface area contributed by atoms with Gasteiger partial charge < -0.3 is 20.4 Å². The number of amides is 4. The van der Waals surface area contributed by atoms with Gasteiger partial charge in [-0.3, -0.25) is 29.0 Å². The monoisotopic (exact) mass is 639 g/mol. The SMILES string of the molecule is C=C1CCC(N2C(=O)c3ccc(N4CCN(CC5CCN(c6ccc(C(=O)NC7CCCCC7)cn6)CC5)CC4)cc3C2=O)C(=O)N1. The van der Waals surface area contributed by atoms with Gasteiger partial charge >= 0.3 is 0 Å². The molecule has 11 heteroatoms. The molecule has 0 spiro atoms. The van der Waals surface area contributed by atoms with Gasteiger partial charge in [-0.15, -0.1) is 0 Å². The molecule has 1 aromatic heterocycles. The topological polar surface area (TPSA) is 118 Å². The largest absolute Gasteiger partial charge is 0.369 e. The lowest BCUT2D eigenvalue weighted by Crippen LogP contribution is -2.51. The zero-order valence-electron chi connectivity index (χ0n) is 27.1. The van der Waals surface area contributed by atoms with Crippen molar-refractivity contribution in [1.82, 2.24) is 25.4 Å². The van der Waals surface area contributed by atoms with Crippen LogP contribution in [0.25, 0.3) is 0 Å². The van der Waals surface area contributed by atoms with Gasteiger partial charge in [0, 0.05) is 69.4 Å². The first-order valence-corrected chi connectivity index (χ1v) is 17.3. The second kappa shape index (κ2) is 13.5. The molecule has 2 N–H and O–H groups in total. The summed E-state index contributed by atoms with van der Waals surface area (Å²) in [5.41, 5.74) is 2.94. The number of allylic oxidation sites excluding steroid dienone is 1. The van der Waals surface area contributed by atoms with Crippen LogP contribution in [0.1, 0.15) is 88.9 Å². The van der Waals surface area contributed by atoms with Crippen LogP contribution >= 0.6 is 0 Å². The number of piperidine rings is 2. The summed E-state index contributed by atoms with van der Waals surface area (Å²) >= 11 is 0. The van der Waals surface area contributed by atoms with E-state index in [9.17, 15) is 19.2 Å². The molecule has 4 amide bonds. The molecule has 5 aliphatic rings. The minimum absolute atomic E-state index is 0.0153. The van der Waals surface area contributed by atoms with Crippen LogP contribution in [0.3, 0.4) is 0 Å². The van der Waals surface area contributed by atoms with E-state index in [1.165, 1.54) is 19.3 Å². The van der Waals surface area contributed by atoms with Crippen molar-refractivity contribution in [2.24, 2.45) is 5.92 Å². The lowest BCUT2D eigenvalue weighted by atomic mass is 9.95. The van der Waals surface area contributed by atoms with Gasteiger partial charge in [-0.2, -0.15) is 0 Å². The molecule has 11 nitrogen and oxygen atoms in total. The molecule has 47 heavy (non-hydrogen) atoms. The van der Waals surface area contributed by atoms with E-state index in [2.05, 4.69) is 36.9 Å². The molecule has 1 saturated carbocycles. The Kier molecular flexibility index (Phi) is 8.98. The molecule has 4 fully saturated rings. The summed E-state index contributed by atoms with van der Waals surface area (Å²) in [4.78, 5) is 64.6. The number of aromatic nitrogens is 1. The number of carbonyl (C=O) groups excluding carboxylic acids is 4. The third-order valence-corrected chi connectivity index (χ3v) is 10.7. The van der Waals surface area contributed by atoms with Crippen LogP contribution in [-0.4, -0.2) is 96.3 Å². The number of anilines is 2. The Morgan fingerprint density at radius 3 is 2.30 bits per heavy atom. The number of pyridine rings is 1. The zero-order valence-corrected chi connectivity index (χ0v) is 27.1. The number of carbonyl (C=O) groups is 4. The Labute approximate surface area is 276 Å². The molecule has 0 radical (unpaired) electrons. The first kappa shape index (κ1) is 31.4. The molecule has 2 aromatic rings. The van der Waals surface area contributed by atoms with E-state index in [0.29, 0.717) is 47.2 Å². The maximum atomic E-state index is 13.3. The van der Waals surface area contributed by atoms with Gasteiger partial charge in [0.2, 0.25) is 5.91 Å². The molecule has 0 bridgehead atoms. The van der Waals surface area contributed by atoms with Crippen LogP contribution in [0.15, 0.2) is 48.8 Å². The van der Waals surface area contributed by atoms with Crippen molar-refractivity contribution < 1.29 is 19.2 Å². The lowest BCUT2D eigenvalue weighted by molar-refractivity contribution is -0.125. The van der Waals surface area contributed by atoms with Crippen LogP contribution in [0.2, 0.25) is 0 Å². The van der Waals surface area contributed by atoms with Crippen molar-refractivity contribution in [3.63, 3.8) is 0 Å². The summed E-state index contributed by atoms with van der Waals surface area (Å²) in [6, 6.07) is 8.87. The maximum absolute atomic E-state index is 13.3. The molecule has 1 atom stereocenters. The highest BCUT2D eigenvalue weighted by Crippen LogP contribution is 2.32. The Morgan fingerprint density at radius 1 is 0.851 bits per heavy atom. The van der Waals surface area contributed by atoms with E-state index >= 15 is 0 Å². The molecule has 5 heterocycles. The van der Waals surface area contributed by atoms with Crippen molar-refractivity contribution in [2.75, 3.05) is 55.6 Å². The minimum Gasteiger partial charge on any atom is -0.369 e. The van der Waals surface area contributed by atoms with E-state index in [1.807, 2.05) is 24.3 Å². The van der Waals surface area contributed by atoms with Gasteiger partial charge in [-0.1, -0.05) is 25.8 Å². The highest BCUT2D eigenvalue weighted by molar-refractivity contribution is 6.23. The first-order chi connectivity index (χ1) is 22.8. The molecule has 7 rings (SSSR count). The van der Waals surface area contributed by atoms with Gasteiger partial charge in [0.15, 0.2) is 0 Å². The molecule has 1 unspecified atom stereocenters. The minimum atomic E-state index is -0.799. The van der Waals surface area contributed by atoms with Crippen molar-refractivity contribution in [3.05, 3.63) is 65.5 Å². The predicted molar refractivity (Wildman–Crippen MR) is 179 cm³/mol. The summed E-state index contributed by atoms with van der Waals surface area (Å²) in [6.45, 7) is 10.4. The molecule has 1 aromatic carbocycles. The zero-order chi connectivity index (χ0) is 32.5. The quantitative estimate of drug-likeness (QED) is 0.442. The number of benzene rings is 1. The van der Waals surface area contributed by atoms with Crippen LogP contribution in [0.5, 0.6) is 0 Å².